The Bertz CT molecular complexity index is 699. The molecule has 1 unspecified atom stereocenters. The standard InChI is InChI=1S/C21H40N4O5S/c1-5-17-31(28,29)25-12-7-6-9-18(25)19(26)22-10-8-11-23-13-15-24(16-14-23)20(27)30-21(2,3)4/h18H,5-17H2,1-4H3,(H,22,26). The zero-order chi connectivity index (χ0) is 23.1. The van der Waals surface area contributed by atoms with Crippen LogP contribution in [0.2, 0.25) is 0 Å². The van der Waals surface area contributed by atoms with Crippen LogP contribution in [0.15, 0.2) is 0 Å². The highest BCUT2D eigenvalue weighted by atomic mass is 32.2. The molecule has 0 aromatic heterocycles. The SMILES string of the molecule is CCCS(=O)(=O)N1CCCCC1C(=O)NCCCN1CCN(C(=O)OC(C)(C)C)CC1. The van der Waals surface area contributed by atoms with Gasteiger partial charge < -0.3 is 15.0 Å². The van der Waals surface area contributed by atoms with E-state index in [-0.39, 0.29) is 17.8 Å². The summed E-state index contributed by atoms with van der Waals surface area (Å²) in [6.07, 6.45) is 3.33. The van der Waals surface area contributed by atoms with Crippen LogP contribution < -0.4 is 5.32 Å². The van der Waals surface area contributed by atoms with Crippen LogP contribution >= 0.6 is 0 Å². The summed E-state index contributed by atoms with van der Waals surface area (Å²) in [5.41, 5.74) is -0.490. The van der Waals surface area contributed by atoms with E-state index in [0.29, 0.717) is 39.0 Å². The minimum atomic E-state index is -3.38. The summed E-state index contributed by atoms with van der Waals surface area (Å²) in [6, 6.07) is -0.581. The molecule has 9 nitrogen and oxygen atoms in total. The van der Waals surface area contributed by atoms with E-state index in [1.54, 1.807) is 4.90 Å². The third-order valence-corrected chi connectivity index (χ3v) is 7.63. The van der Waals surface area contributed by atoms with Crippen LogP contribution in [0.4, 0.5) is 4.79 Å². The van der Waals surface area contributed by atoms with Gasteiger partial charge in [0.1, 0.15) is 11.6 Å². The topological polar surface area (TPSA) is 99.3 Å². The van der Waals surface area contributed by atoms with Gasteiger partial charge in [0.25, 0.3) is 0 Å². The van der Waals surface area contributed by atoms with Crippen LogP contribution in [-0.4, -0.2) is 97.7 Å². The van der Waals surface area contributed by atoms with Crippen molar-refractivity contribution in [1.29, 1.82) is 0 Å². The van der Waals surface area contributed by atoms with Gasteiger partial charge in [0, 0.05) is 39.3 Å². The van der Waals surface area contributed by atoms with Crippen molar-refractivity contribution in [3.63, 3.8) is 0 Å². The maximum atomic E-state index is 12.7. The fourth-order valence-corrected chi connectivity index (χ4v) is 5.73. The Labute approximate surface area is 187 Å². The number of piperazine rings is 1. The lowest BCUT2D eigenvalue weighted by molar-refractivity contribution is -0.125. The minimum Gasteiger partial charge on any atom is -0.444 e. The van der Waals surface area contributed by atoms with Crippen molar-refractivity contribution >= 4 is 22.0 Å². The monoisotopic (exact) mass is 460 g/mol. The van der Waals surface area contributed by atoms with Crippen LogP contribution in [-0.2, 0) is 19.6 Å². The molecule has 2 heterocycles. The lowest BCUT2D eigenvalue weighted by Gasteiger charge is -2.35. The Morgan fingerprint density at radius 2 is 1.74 bits per heavy atom. The second kappa shape index (κ2) is 11.5. The van der Waals surface area contributed by atoms with Crippen LogP contribution in [0.3, 0.4) is 0 Å². The molecule has 2 amide bonds. The number of rotatable bonds is 8. The van der Waals surface area contributed by atoms with E-state index in [4.69, 9.17) is 4.74 Å². The van der Waals surface area contributed by atoms with Gasteiger partial charge in [-0.15, -0.1) is 0 Å². The molecule has 0 bridgehead atoms. The normalized spacial score (nSPS) is 21.7. The summed E-state index contributed by atoms with van der Waals surface area (Å²) in [5.74, 6) is -0.0967. The molecule has 0 aromatic rings. The van der Waals surface area contributed by atoms with E-state index in [9.17, 15) is 18.0 Å². The first-order valence-electron chi connectivity index (χ1n) is 11.5. The highest BCUT2D eigenvalue weighted by Gasteiger charge is 2.36. The van der Waals surface area contributed by atoms with Gasteiger partial charge in [-0.3, -0.25) is 9.69 Å². The molecule has 180 valence electrons. The summed E-state index contributed by atoms with van der Waals surface area (Å²) in [7, 11) is -3.38. The van der Waals surface area contributed by atoms with Crippen molar-refractivity contribution in [3.8, 4) is 0 Å². The number of ether oxygens (including phenoxy) is 1. The average Bonchev–Trinajstić information content (AvgIpc) is 2.70. The van der Waals surface area contributed by atoms with Crippen LogP contribution in [0.1, 0.15) is 59.8 Å². The molecule has 2 rings (SSSR count). The third-order valence-electron chi connectivity index (χ3n) is 5.55. The van der Waals surface area contributed by atoms with Crippen LogP contribution in [0.5, 0.6) is 0 Å². The first-order valence-corrected chi connectivity index (χ1v) is 13.1. The maximum absolute atomic E-state index is 12.7. The third kappa shape index (κ3) is 8.23. The van der Waals surface area contributed by atoms with E-state index in [1.807, 2.05) is 27.7 Å². The van der Waals surface area contributed by atoms with Gasteiger partial charge in [-0.25, -0.2) is 13.2 Å². The highest BCUT2D eigenvalue weighted by molar-refractivity contribution is 7.89. The fourth-order valence-electron chi connectivity index (χ4n) is 3.99. The molecule has 2 aliphatic heterocycles. The maximum Gasteiger partial charge on any atom is 0.410 e. The smallest absolute Gasteiger partial charge is 0.410 e. The number of carbonyl (C=O) groups is 2. The number of carbonyl (C=O) groups excluding carboxylic acids is 2. The van der Waals surface area contributed by atoms with Crippen molar-refractivity contribution in [1.82, 2.24) is 19.4 Å². The summed E-state index contributed by atoms with van der Waals surface area (Å²) >= 11 is 0. The van der Waals surface area contributed by atoms with Crippen molar-refractivity contribution in [2.24, 2.45) is 0 Å². The summed E-state index contributed by atoms with van der Waals surface area (Å²) in [6.45, 7) is 12.0. The number of nitrogens with zero attached hydrogens (tertiary/aromatic N) is 3. The van der Waals surface area contributed by atoms with Gasteiger partial charge >= 0.3 is 6.09 Å². The summed E-state index contributed by atoms with van der Waals surface area (Å²) in [4.78, 5) is 28.8. The lowest BCUT2D eigenvalue weighted by atomic mass is 10.0. The molecule has 2 aliphatic rings. The number of hydrogen-bond acceptors (Lipinski definition) is 6. The van der Waals surface area contributed by atoms with Gasteiger partial charge in [-0.2, -0.15) is 4.31 Å². The largest absolute Gasteiger partial charge is 0.444 e. The number of nitrogens with one attached hydrogen (secondary N) is 1. The van der Waals surface area contributed by atoms with Crippen molar-refractivity contribution < 1.29 is 22.7 Å². The van der Waals surface area contributed by atoms with Crippen LogP contribution in [0.25, 0.3) is 0 Å². The molecule has 1 N–H and O–H groups in total. The Hall–Kier alpha value is -1.39. The van der Waals surface area contributed by atoms with Gasteiger partial charge in [0.15, 0.2) is 0 Å². The molecule has 2 fully saturated rings. The van der Waals surface area contributed by atoms with Crippen molar-refractivity contribution in [2.45, 2.75) is 71.4 Å². The Kier molecular flexibility index (Phi) is 9.57. The Balaban J connectivity index is 1.70. The number of sulfonamides is 1. The Morgan fingerprint density at radius 3 is 2.35 bits per heavy atom. The Morgan fingerprint density at radius 1 is 1.06 bits per heavy atom. The highest BCUT2D eigenvalue weighted by Crippen LogP contribution is 2.21. The number of hydrogen-bond donors (Lipinski definition) is 1. The number of piperidine rings is 1. The average molecular weight is 461 g/mol. The van der Waals surface area contributed by atoms with E-state index in [0.717, 1.165) is 38.9 Å². The summed E-state index contributed by atoms with van der Waals surface area (Å²) in [5, 5.41) is 2.93. The first kappa shape index (κ1) is 25.9. The molecular formula is C21H40N4O5S. The molecule has 0 saturated carbocycles. The summed E-state index contributed by atoms with van der Waals surface area (Å²) < 4.78 is 31.8. The zero-order valence-electron chi connectivity index (χ0n) is 19.6. The molecular weight excluding hydrogens is 420 g/mol. The van der Waals surface area contributed by atoms with E-state index < -0.39 is 21.7 Å². The molecule has 0 aliphatic carbocycles. The van der Waals surface area contributed by atoms with Gasteiger partial charge in [-0.05, 0) is 53.0 Å². The minimum absolute atomic E-state index is 0.0893. The van der Waals surface area contributed by atoms with E-state index in [2.05, 4.69) is 10.2 Å². The predicted octanol–water partition coefficient (Wildman–Crippen LogP) is 1.64. The van der Waals surface area contributed by atoms with Gasteiger partial charge in [0.05, 0.1) is 5.75 Å². The molecule has 0 spiro atoms. The predicted molar refractivity (Wildman–Crippen MR) is 120 cm³/mol. The molecule has 0 aromatic carbocycles. The fraction of sp³-hybridized carbons (Fsp3) is 0.905. The quantitative estimate of drug-likeness (QED) is 0.553. The van der Waals surface area contributed by atoms with Gasteiger partial charge in [0.2, 0.25) is 15.9 Å². The molecule has 10 heteroatoms. The van der Waals surface area contributed by atoms with Crippen molar-refractivity contribution in [3.05, 3.63) is 0 Å². The van der Waals surface area contributed by atoms with Crippen molar-refractivity contribution in [2.75, 3.05) is 51.6 Å². The zero-order valence-corrected chi connectivity index (χ0v) is 20.4. The second-order valence-electron chi connectivity index (χ2n) is 9.39. The van der Waals surface area contributed by atoms with E-state index >= 15 is 0 Å². The molecule has 0 radical (unpaired) electrons. The second-order valence-corrected chi connectivity index (χ2v) is 11.4. The molecule has 1 atom stereocenters. The van der Waals surface area contributed by atoms with Crippen LogP contribution in [0, 0.1) is 0 Å². The first-order chi connectivity index (χ1) is 14.5. The van der Waals surface area contributed by atoms with E-state index in [1.165, 1.54) is 4.31 Å². The lowest BCUT2D eigenvalue weighted by Crippen LogP contribution is -2.53. The molecule has 31 heavy (non-hydrogen) atoms. The molecule has 2 saturated heterocycles. The number of amides is 2. The van der Waals surface area contributed by atoms with Gasteiger partial charge in [-0.1, -0.05) is 13.3 Å².